The van der Waals surface area contributed by atoms with Crippen molar-refractivity contribution in [1.29, 1.82) is 0 Å². The van der Waals surface area contributed by atoms with Gasteiger partial charge in [0.1, 0.15) is 17.5 Å². The van der Waals surface area contributed by atoms with E-state index in [1.54, 1.807) is 50.4 Å². The standard InChI is InChI=1S/C18H15Cl2N5O3/c1-11-22-23-24-25(11)16(9-12-4-3-5-13(8-12)27-2)18(26)28-10-15-14(19)6-7-17(20)21-15/h3-9H,10H2,1-2H3/b16-9+. The molecule has 0 radical (unpaired) electrons. The summed E-state index contributed by atoms with van der Waals surface area (Å²) in [6.07, 6.45) is 1.60. The molecule has 2 aromatic heterocycles. The van der Waals surface area contributed by atoms with Gasteiger partial charge in [0.2, 0.25) is 0 Å². The van der Waals surface area contributed by atoms with E-state index >= 15 is 0 Å². The SMILES string of the molecule is COc1cccc(/C=C(\C(=O)OCc2nc(Cl)ccc2Cl)n2nnnc2C)c1. The molecular formula is C18H15Cl2N5O3. The van der Waals surface area contributed by atoms with Gasteiger partial charge in [0.25, 0.3) is 0 Å². The molecule has 3 aromatic rings. The Bertz CT molecular complexity index is 1040. The van der Waals surface area contributed by atoms with Crippen molar-refractivity contribution in [1.82, 2.24) is 25.2 Å². The number of carbonyl (C=O) groups is 1. The molecule has 0 unspecified atom stereocenters. The van der Waals surface area contributed by atoms with Crippen LogP contribution in [0.3, 0.4) is 0 Å². The van der Waals surface area contributed by atoms with Crippen LogP contribution in [0.15, 0.2) is 36.4 Å². The average Bonchev–Trinajstić information content (AvgIpc) is 3.12. The number of hydrogen-bond donors (Lipinski definition) is 0. The summed E-state index contributed by atoms with van der Waals surface area (Å²) in [5, 5.41) is 11.8. The second-order valence-corrected chi connectivity index (χ2v) is 6.38. The first-order valence-corrected chi connectivity index (χ1v) is 8.82. The minimum atomic E-state index is -0.656. The summed E-state index contributed by atoms with van der Waals surface area (Å²) in [4.78, 5) is 16.8. The molecule has 0 atom stereocenters. The number of aromatic nitrogens is 5. The number of nitrogens with zero attached hydrogens (tertiary/aromatic N) is 5. The van der Waals surface area contributed by atoms with Gasteiger partial charge < -0.3 is 9.47 Å². The molecule has 0 amide bonds. The average molecular weight is 420 g/mol. The normalized spacial score (nSPS) is 11.4. The van der Waals surface area contributed by atoms with Crippen molar-refractivity contribution in [2.24, 2.45) is 0 Å². The highest BCUT2D eigenvalue weighted by molar-refractivity contribution is 6.32. The van der Waals surface area contributed by atoms with Gasteiger partial charge in [-0.15, -0.1) is 5.10 Å². The van der Waals surface area contributed by atoms with E-state index < -0.39 is 5.97 Å². The molecule has 0 N–H and O–H groups in total. The summed E-state index contributed by atoms with van der Waals surface area (Å²) in [6, 6.07) is 10.3. The smallest absolute Gasteiger partial charge is 0.357 e. The van der Waals surface area contributed by atoms with E-state index in [0.29, 0.717) is 27.9 Å². The molecule has 0 spiro atoms. The van der Waals surface area contributed by atoms with Gasteiger partial charge >= 0.3 is 5.97 Å². The third-order valence-electron chi connectivity index (χ3n) is 3.68. The van der Waals surface area contributed by atoms with Crippen LogP contribution in [0.2, 0.25) is 10.2 Å². The van der Waals surface area contributed by atoms with Crippen molar-refractivity contribution in [3.05, 3.63) is 63.7 Å². The largest absolute Gasteiger partial charge is 0.497 e. The molecule has 0 saturated heterocycles. The monoisotopic (exact) mass is 419 g/mol. The van der Waals surface area contributed by atoms with Crippen molar-refractivity contribution in [2.45, 2.75) is 13.5 Å². The Morgan fingerprint density at radius 1 is 1.25 bits per heavy atom. The van der Waals surface area contributed by atoms with Crippen LogP contribution in [0, 0.1) is 6.92 Å². The molecule has 1 aromatic carbocycles. The van der Waals surface area contributed by atoms with Crippen molar-refractivity contribution in [3.8, 4) is 5.75 Å². The van der Waals surface area contributed by atoms with Gasteiger partial charge in [-0.1, -0.05) is 35.3 Å². The maximum atomic E-state index is 12.8. The lowest BCUT2D eigenvalue weighted by Gasteiger charge is -2.10. The predicted octanol–water partition coefficient (Wildman–Crippen LogP) is 3.43. The fourth-order valence-electron chi connectivity index (χ4n) is 2.32. The number of aryl methyl sites for hydroxylation is 1. The van der Waals surface area contributed by atoms with E-state index in [1.807, 2.05) is 6.07 Å². The zero-order valence-electron chi connectivity index (χ0n) is 15.0. The van der Waals surface area contributed by atoms with Gasteiger partial charge in [0.05, 0.1) is 17.8 Å². The van der Waals surface area contributed by atoms with E-state index in [4.69, 9.17) is 32.7 Å². The van der Waals surface area contributed by atoms with Gasteiger partial charge in [-0.05, 0) is 53.3 Å². The van der Waals surface area contributed by atoms with Crippen molar-refractivity contribution >= 4 is 40.9 Å². The quantitative estimate of drug-likeness (QED) is 0.343. The molecule has 0 bridgehead atoms. The number of ether oxygens (including phenoxy) is 2. The fraction of sp³-hybridized carbons (Fsp3) is 0.167. The summed E-state index contributed by atoms with van der Waals surface area (Å²) >= 11 is 11.9. The molecule has 3 rings (SSSR count). The Balaban J connectivity index is 1.90. The summed E-state index contributed by atoms with van der Waals surface area (Å²) in [5.74, 6) is 0.408. The summed E-state index contributed by atoms with van der Waals surface area (Å²) < 4.78 is 11.9. The number of tetrazole rings is 1. The maximum absolute atomic E-state index is 12.8. The lowest BCUT2D eigenvalue weighted by atomic mass is 10.2. The maximum Gasteiger partial charge on any atom is 0.357 e. The number of carbonyl (C=O) groups excluding carboxylic acids is 1. The molecule has 0 fully saturated rings. The Labute approximate surface area is 170 Å². The van der Waals surface area contributed by atoms with Crippen LogP contribution in [0.5, 0.6) is 5.75 Å². The predicted molar refractivity (Wildman–Crippen MR) is 104 cm³/mol. The van der Waals surface area contributed by atoms with Gasteiger partial charge in [0.15, 0.2) is 11.5 Å². The Morgan fingerprint density at radius 3 is 2.79 bits per heavy atom. The highest BCUT2D eigenvalue weighted by Gasteiger charge is 2.19. The Hall–Kier alpha value is -2.97. The third-order valence-corrected chi connectivity index (χ3v) is 4.24. The Morgan fingerprint density at radius 2 is 2.07 bits per heavy atom. The summed E-state index contributed by atoms with van der Waals surface area (Å²) in [7, 11) is 1.56. The molecule has 8 nitrogen and oxygen atoms in total. The van der Waals surface area contributed by atoms with Crippen molar-refractivity contribution in [3.63, 3.8) is 0 Å². The molecule has 0 aliphatic carbocycles. The second kappa shape index (κ2) is 8.81. The lowest BCUT2D eigenvalue weighted by molar-refractivity contribution is -0.138. The second-order valence-electron chi connectivity index (χ2n) is 5.58. The number of rotatable bonds is 6. The van der Waals surface area contributed by atoms with Crippen LogP contribution in [0.4, 0.5) is 0 Å². The topological polar surface area (TPSA) is 92.0 Å². The zero-order chi connectivity index (χ0) is 20.1. The summed E-state index contributed by atoms with van der Waals surface area (Å²) in [5.41, 5.74) is 1.17. The fourth-order valence-corrected chi connectivity index (χ4v) is 2.64. The van der Waals surface area contributed by atoms with E-state index in [1.165, 1.54) is 4.68 Å². The third kappa shape index (κ3) is 4.65. The molecule has 0 aliphatic rings. The van der Waals surface area contributed by atoms with Gasteiger partial charge in [-0.25, -0.2) is 9.78 Å². The van der Waals surface area contributed by atoms with Crippen LogP contribution in [-0.4, -0.2) is 38.3 Å². The molecule has 28 heavy (non-hydrogen) atoms. The lowest BCUT2D eigenvalue weighted by Crippen LogP contribution is -2.15. The molecule has 2 heterocycles. The van der Waals surface area contributed by atoms with Crippen molar-refractivity contribution < 1.29 is 14.3 Å². The van der Waals surface area contributed by atoms with E-state index in [0.717, 1.165) is 0 Å². The number of hydrogen-bond acceptors (Lipinski definition) is 7. The number of halogens is 2. The van der Waals surface area contributed by atoms with E-state index in [2.05, 4.69) is 20.5 Å². The number of methoxy groups -OCH3 is 1. The first-order valence-electron chi connectivity index (χ1n) is 8.07. The number of benzene rings is 1. The number of pyridine rings is 1. The minimum absolute atomic E-state index is 0.119. The Kier molecular flexibility index (Phi) is 6.23. The highest BCUT2D eigenvalue weighted by atomic mass is 35.5. The van der Waals surface area contributed by atoms with Crippen molar-refractivity contribution in [2.75, 3.05) is 7.11 Å². The highest BCUT2D eigenvalue weighted by Crippen LogP contribution is 2.21. The van der Waals surface area contributed by atoms with Crippen LogP contribution in [0.25, 0.3) is 11.8 Å². The first kappa shape index (κ1) is 19.8. The first-order chi connectivity index (χ1) is 13.5. The van der Waals surface area contributed by atoms with Crippen LogP contribution >= 0.6 is 23.2 Å². The van der Waals surface area contributed by atoms with E-state index in [9.17, 15) is 4.79 Å². The molecule has 144 valence electrons. The molecule has 0 saturated carbocycles. The van der Waals surface area contributed by atoms with Crippen LogP contribution < -0.4 is 4.74 Å². The number of esters is 1. The van der Waals surface area contributed by atoms with E-state index in [-0.39, 0.29) is 17.5 Å². The van der Waals surface area contributed by atoms with Gasteiger partial charge in [0, 0.05) is 0 Å². The molecular weight excluding hydrogens is 405 g/mol. The zero-order valence-corrected chi connectivity index (χ0v) is 16.5. The van der Waals surface area contributed by atoms with Crippen LogP contribution in [0.1, 0.15) is 17.1 Å². The minimum Gasteiger partial charge on any atom is -0.497 e. The molecule has 10 heteroatoms. The van der Waals surface area contributed by atoms with Gasteiger partial charge in [-0.3, -0.25) is 0 Å². The van der Waals surface area contributed by atoms with Crippen LogP contribution in [-0.2, 0) is 16.1 Å². The van der Waals surface area contributed by atoms with Gasteiger partial charge in [-0.2, -0.15) is 4.68 Å². The molecule has 0 aliphatic heterocycles. The summed E-state index contributed by atoms with van der Waals surface area (Å²) in [6.45, 7) is 1.51.